The van der Waals surface area contributed by atoms with E-state index in [1.165, 1.54) is 0 Å². The fourth-order valence-electron chi connectivity index (χ4n) is 1.07. The van der Waals surface area contributed by atoms with Gasteiger partial charge in [-0.3, -0.25) is 0 Å². The van der Waals surface area contributed by atoms with Gasteiger partial charge in [0.2, 0.25) is 0 Å². The van der Waals surface area contributed by atoms with Gasteiger partial charge in [-0.05, 0) is 6.08 Å². The lowest BCUT2D eigenvalue weighted by Crippen LogP contribution is -2.19. The maximum absolute atomic E-state index is 5.24. The lowest BCUT2D eigenvalue weighted by atomic mass is 9.98. The molecule has 1 rings (SSSR count). The van der Waals surface area contributed by atoms with E-state index in [9.17, 15) is 0 Å². The highest BCUT2D eigenvalue weighted by atomic mass is 79.9. The Morgan fingerprint density at radius 3 is 3.00 bits per heavy atom. The average molecular weight is 215 g/mol. The number of ether oxygens (including phenoxy) is 1. The van der Waals surface area contributed by atoms with Crippen LogP contribution in [-0.2, 0) is 4.74 Å². The van der Waals surface area contributed by atoms with Crippen LogP contribution in [0.2, 0.25) is 0 Å². The van der Waals surface area contributed by atoms with Gasteiger partial charge in [-0.2, -0.15) is 0 Å². The molecule has 0 amide bonds. The maximum Gasteiger partial charge on any atom is 0.0862 e. The fraction of sp³-hybridized carbons (Fsp3) is 0.333. The lowest BCUT2D eigenvalue weighted by molar-refractivity contribution is 0.120. The summed E-state index contributed by atoms with van der Waals surface area (Å²) in [5, 5.41) is 0. The second-order valence-corrected chi connectivity index (χ2v) is 3.34. The molecule has 0 saturated carbocycles. The molecule has 0 bridgehead atoms. The maximum atomic E-state index is 5.24. The Bertz CT molecular complexity index is 206. The summed E-state index contributed by atoms with van der Waals surface area (Å²) in [7, 11) is 1.71. The Kier molecular flexibility index (Phi) is 3.09. The number of hydrogen-bond donors (Lipinski definition) is 0. The first-order valence-electron chi connectivity index (χ1n) is 3.49. The smallest absolute Gasteiger partial charge is 0.0862 e. The molecular formula is C9H11BrO. The van der Waals surface area contributed by atoms with Crippen molar-refractivity contribution in [3.8, 4) is 0 Å². The second-order valence-electron chi connectivity index (χ2n) is 2.42. The van der Waals surface area contributed by atoms with Crippen LogP contribution in [-0.4, -0.2) is 13.2 Å². The predicted octanol–water partition coefficient (Wildman–Crippen LogP) is 2.65. The van der Waals surface area contributed by atoms with Crippen molar-refractivity contribution in [2.45, 2.75) is 6.10 Å². The third-order valence-corrected chi connectivity index (χ3v) is 2.25. The minimum absolute atomic E-state index is 0.131. The van der Waals surface area contributed by atoms with Gasteiger partial charge in [-0.25, -0.2) is 0 Å². The molecule has 1 aliphatic rings. The van der Waals surface area contributed by atoms with E-state index in [-0.39, 0.29) is 6.10 Å². The van der Waals surface area contributed by atoms with E-state index in [0.717, 1.165) is 4.48 Å². The van der Waals surface area contributed by atoms with Crippen molar-refractivity contribution in [3.05, 3.63) is 35.4 Å². The van der Waals surface area contributed by atoms with Crippen LogP contribution in [0.4, 0.5) is 0 Å². The molecule has 0 heterocycles. The van der Waals surface area contributed by atoms with Gasteiger partial charge >= 0.3 is 0 Å². The molecule has 0 spiro atoms. The number of allylic oxidation sites excluding steroid dienone is 2. The Morgan fingerprint density at radius 1 is 1.73 bits per heavy atom. The molecule has 1 aliphatic carbocycles. The lowest BCUT2D eigenvalue weighted by Gasteiger charge is -2.20. The molecule has 0 aromatic heterocycles. The molecule has 0 fully saturated rings. The van der Waals surface area contributed by atoms with Crippen LogP contribution in [0.1, 0.15) is 0 Å². The summed E-state index contributed by atoms with van der Waals surface area (Å²) >= 11 is 3.39. The van der Waals surface area contributed by atoms with Gasteiger partial charge in [-0.1, -0.05) is 34.2 Å². The van der Waals surface area contributed by atoms with Crippen LogP contribution in [0.25, 0.3) is 0 Å². The van der Waals surface area contributed by atoms with Gasteiger partial charge in [0, 0.05) is 17.5 Å². The van der Waals surface area contributed by atoms with Crippen LogP contribution in [0.5, 0.6) is 0 Å². The summed E-state index contributed by atoms with van der Waals surface area (Å²) in [6.07, 6.45) is 8.15. The summed E-state index contributed by atoms with van der Waals surface area (Å²) < 4.78 is 6.31. The third-order valence-electron chi connectivity index (χ3n) is 1.72. The average Bonchev–Trinajstić information content (AvgIpc) is 2.04. The van der Waals surface area contributed by atoms with Crippen LogP contribution in [0.3, 0.4) is 0 Å². The Morgan fingerprint density at radius 2 is 2.45 bits per heavy atom. The Labute approximate surface area is 75.6 Å². The van der Waals surface area contributed by atoms with E-state index in [4.69, 9.17) is 4.74 Å². The topological polar surface area (TPSA) is 9.23 Å². The third kappa shape index (κ3) is 2.04. The van der Waals surface area contributed by atoms with E-state index in [0.29, 0.717) is 5.92 Å². The molecule has 1 nitrogen and oxygen atoms in total. The zero-order chi connectivity index (χ0) is 8.27. The summed E-state index contributed by atoms with van der Waals surface area (Å²) in [6, 6.07) is 0. The highest BCUT2D eigenvalue weighted by Gasteiger charge is 2.16. The molecule has 0 radical (unpaired) electrons. The number of methoxy groups -OCH3 is 1. The van der Waals surface area contributed by atoms with E-state index >= 15 is 0 Å². The van der Waals surface area contributed by atoms with Crippen LogP contribution in [0.15, 0.2) is 35.4 Å². The Balaban J connectivity index is 2.74. The minimum Gasteiger partial charge on any atom is -0.376 e. The first-order valence-corrected chi connectivity index (χ1v) is 4.28. The highest BCUT2D eigenvalue weighted by Crippen LogP contribution is 2.22. The van der Waals surface area contributed by atoms with E-state index in [1.54, 1.807) is 7.11 Å². The molecule has 2 atom stereocenters. The van der Waals surface area contributed by atoms with E-state index in [2.05, 4.69) is 28.6 Å². The molecule has 60 valence electrons. The fourth-order valence-corrected chi connectivity index (χ4v) is 1.49. The van der Waals surface area contributed by atoms with E-state index < -0.39 is 0 Å². The summed E-state index contributed by atoms with van der Waals surface area (Å²) in [5.74, 6) is 0.307. The van der Waals surface area contributed by atoms with Crippen molar-refractivity contribution >= 4 is 15.9 Å². The van der Waals surface area contributed by atoms with Gasteiger partial charge in [0.15, 0.2) is 0 Å². The zero-order valence-corrected chi connectivity index (χ0v) is 8.04. The quantitative estimate of drug-likeness (QED) is 0.643. The molecule has 0 aromatic carbocycles. The van der Waals surface area contributed by atoms with Crippen molar-refractivity contribution in [2.24, 2.45) is 5.92 Å². The highest BCUT2D eigenvalue weighted by molar-refractivity contribution is 9.11. The summed E-state index contributed by atoms with van der Waals surface area (Å²) in [6.45, 7) is 3.73. The minimum atomic E-state index is 0.131. The molecule has 0 aromatic rings. The normalized spacial score (nSPS) is 29.8. The zero-order valence-electron chi connectivity index (χ0n) is 6.46. The largest absolute Gasteiger partial charge is 0.376 e. The van der Waals surface area contributed by atoms with Crippen LogP contribution in [0, 0.1) is 5.92 Å². The van der Waals surface area contributed by atoms with Crippen molar-refractivity contribution in [1.82, 2.24) is 0 Å². The van der Waals surface area contributed by atoms with Crippen molar-refractivity contribution < 1.29 is 4.74 Å². The molecule has 0 aliphatic heterocycles. The van der Waals surface area contributed by atoms with Crippen LogP contribution >= 0.6 is 15.9 Å². The van der Waals surface area contributed by atoms with Gasteiger partial charge in [0.25, 0.3) is 0 Å². The Hall–Kier alpha value is -0.340. The van der Waals surface area contributed by atoms with Gasteiger partial charge < -0.3 is 4.74 Å². The molecule has 0 saturated heterocycles. The number of rotatable bonds is 2. The van der Waals surface area contributed by atoms with Crippen LogP contribution < -0.4 is 0 Å². The van der Waals surface area contributed by atoms with Crippen molar-refractivity contribution in [2.75, 3.05) is 7.11 Å². The van der Waals surface area contributed by atoms with Gasteiger partial charge in [0.05, 0.1) is 6.10 Å². The predicted molar refractivity (Wildman–Crippen MR) is 50.6 cm³/mol. The van der Waals surface area contributed by atoms with Gasteiger partial charge in [0.1, 0.15) is 0 Å². The molecule has 2 unspecified atom stereocenters. The molecule has 2 heteroatoms. The first-order chi connectivity index (χ1) is 5.27. The number of hydrogen-bond acceptors (Lipinski definition) is 1. The summed E-state index contributed by atoms with van der Waals surface area (Å²) in [5.41, 5.74) is 0. The molecule has 0 N–H and O–H groups in total. The summed E-state index contributed by atoms with van der Waals surface area (Å²) in [4.78, 5) is 0. The van der Waals surface area contributed by atoms with Gasteiger partial charge in [-0.15, -0.1) is 6.58 Å². The SMILES string of the molecule is C=CC1C=CC(Br)=CC1OC. The van der Waals surface area contributed by atoms with Crippen molar-refractivity contribution in [3.63, 3.8) is 0 Å². The van der Waals surface area contributed by atoms with E-state index in [1.807, 2.05) is 18.2 Å². The standard InChI is InChI=1S/C9H11BrO/c1-3-7-4-5-8(10)6-9(7)11-2/h3-7,9H,1H2,2H3. The number of halogens is 1. The second kappa shape index (κ2) is 3.88. The monoisotopic (exact) mass is 214 g/mol. The molecular weight excluding hydrogens is 204 g/mol. The first kappa shape index (κ1) is 8.75. The van der Waals surface area contributed by atoms with Crippen molar-refractivity contribution in [1.29, 1.82) is 0 Å². The molecule has 11 heavy (non-hydrogen) atoms.